The summed E-state index contributed by atoms with van der Waals surface area (Å²) in [6, 6.07) is 5.85. The Hall–Kier alpha value is -2.71. The van der Waals surface area contributed by atoms with Gasteiger partial charge in [-0.25, -0.2) is 12.8 Å². The van der Waals surface area contributed by atoms with Crippen molar-refractivity contribution in [3.05, 3.63) is 65.5 Å². The van der Waals surface area contributed by atoms with E-state index in [9.17, 15) is 49.1 Å². The summed E-state index contributed by atoms with van der Waals surface area (Å²) in [6.07, 6.45) is -12.5. The second kappa shape index (κ2) is 9.30. The summed E-state index contributed by atoms with van der Waals surface area (Å²) in [7, 11) is -3.23. The third-order valence-electron chi connectivity index (χ3n) is 6.14. The average molecular weight is 543 g/mol. The lowest BCUT2D eigenvalue weighted by atomic mass is 9.89. The summed E-state index contributed by atoms with van der Waals surface area (Å²) in [6.45, 7) is -0.994. The van der Waals surface area contributed by atoms with Crippen LogP contribution >= 0.6 is 0 Å². The number of ether oxygens (including phenoxy) is 1. The Morgan fingerprint density at radius 1 is 1.00 bits per heavy atom. The molecule has 1 atom stereocenters. The maximum absolute atomic E-state index is 13.7. The lowest BCUT2D eigenvalue weighted by Gasteiger charge is -2.34. The molecular weight excluding hydrogens is 523 g/mol. The summed E-state index contributed by atoms with van der Waals surface area (Å²) in [5, 5.41) is 9.64. The van der Waals surface area contributed by atoms with E-state index in [-0.39, 0.29) is 23.4 Å². The molecule has 14 heteroatoms. The zero-order valence-corrected chi connectivity index (χ0v) is 19.3. The van der Waals surface area contributed by atoms with Crippen LogP contribution in [0.4, 0.5) is 30.7 Å². The molecule has 6 nitrogen and oxygen atoms in total. The number of methoxy groups -OCH3 is 1. The second-order valence-corrected chi connectivity index (χ2v) is 10.5. The van der Waals surface area contributed by atoms with Gasteiger partial charge in [0.15, 0.2) is 9.84 Å². The molecule has 2 aromatic carbocycles. The molecule has 2 aromatic rings. The molecule has 1 aliphatic rings. The Morgan fingerprint density at radius 3 is 2.00 bits per heavy atom. The molecule has 0 radical (unpaired) electrons. The summed E-state index contributed by atoms with van der Waals surface area (Å²) in [5.41, 5.74) is -6.97. The molecule has 198 valence electrons. The first kappa shape index (κ1) is 27.9. The first-order valence-electron chi connectivity index (χ1n) is 10.2. The van der Waals surface area contributed by atoms with Crippen LogP contribution in [0.5, 0.6) is 0 Å². The normalized spacial score (nSPS) is 19.5. The lowest BCUT2D eigenvalue weighted by molar-refractivity contribution is -0.376. The Morgan fingerprint density at radius 2 is 1.53 bits per heavy atom. The summed E-state index contributed by atoms with van der Waals surface area (Å²) in [4.78, 5) is 13.1. The number of nitrogens with zero attached hydrogens (tertiary/aromatic N) is 1. The van der Waals surface area contributed by atoms with Crippen LogP contribution in [-0.4, -0.2) is 63.5 Å². The minimum Gasteiger partial charge on any atom is -0.375 e. The van der Waals surface area contributed by atoms with E-state index >= 15 is 0 Å². The van der Waals surface area contributed by atoms with Gasteiger partial charge in [-0.05, 0) is 36.2 Å². The van der Waals surface area contributed by atoms with Crippen LogP contribution in [0.25, 0.3) is 0 Å². The Labute approximate surface area is 201 Å². The quantitative estimate of drug-likeness (QED) is 0.444. The van der Waals surface area contributed by atoms with E-state index in [4.69, 9.17) is 4.74 Å². The monoisotopic (exact) mass is 543 g/mol. The zero-order chi connectivity index (χ0) is 27.2. The van der Waals surface area contributed by atoms with Crippen LogP contribution in [0, 0.1) is 5.82 Å². The Kier molecular flexibility index (Phi) is 7.20. The molecule has 1 N–H and O–H groups in total. The highest BCUT2D eigenvalue weighted by molar-refractivity contribution is 7.92. The van der Waals surface area contributed by atoms with E-state index in [0.29, 0.717) is 12.1 Å². The number of likely N-dealkylation sites (tertiary alicyclic amines) is 1. The van der Waals surface area contributed by atoms with Crippen LogP contribution < -0.4 is 0 Å². The smallest absolute Gasteiger partial charge is 0.375 e. The highest BCUT2D eigenvalue weighted by Crippen LogP contribution is 2.51. The number of hydrogen-bond donors (Lipinski definition) is 1. The van der Waals surface area contributed by atoms with Crippen molar-refractivity contribution in [2.45, 2.75) is 34.0 Å². The lowest BCUT2D eigenvalue weighted by Crippen LogP contribution is -2.54. The summed E-state index contributed by atoms with van der Waals surface area (Å²) >= 11 is 0. The molecule has 0 aromatic heterocycles. The number of carbonyl (C=O) groups excluding carboxylic acids is 1. The maximum Gasteiger partial charge on any atom is 0.430 e. The van der Waals surface area contributed by atoms with Crippen molar-refractivity contribution in [1.29, 1.82) is 0 Å². The van der Waals surface area contributed by atoms with E-state index in [1.54, 1.807) is 0 Å². The first-order valence-corrected chi connectivity index (χ1v) is 11.7. The van der Waals surface area contributed by atoms with Crippen molar-refractivity contribution in [3.8, 4) is 0 Å². The van der Waals surface area contributed by atoms with Gasteiger partial charge in [-0.1, -0.05) is 24.3 Å². The predicted octanol–water partition coefficient (Wildman–Crippen LogP) is 3.69. The number of amides is 1. The van der Waals surface area contributed by atoms with Crippen molar-refractivity contribution >= 4 is 15.7 Å². The molecule has 1 amide bonds. The van der Waals surface area contributed by atoms with E-state index in [1.807, 2.05) is 0 Å². The molecule has 3 rings (SSSR count). The second-order valence-electron chi connectivity index (χ2n) is 8.23. The molecule has 1 unspecified atom stereocenters. The molecule has 0 spiro atoms. The van der Waals surface area contributed by atoms with Gasteiger partial charge in [-0.15, -0.1) is 0 Å². The number of rotatable bonds is 6. The molecule has 36 heavy (non-hydrogen) atoms. The number of hydrogen-bond acceptors (Lipinski definition) is 5. The first-order chi connectivity index (χ1) is 16.5. The van der Waals surface area contributed by atoms with E-state index < -0.39 is 63.0 Å². The molecule has 1 aliphatic heterocycles. The highest BCUT2D eigenvalue weighted by Gasteiger charge is 2.71. The number of sulfone groups is 1. The molecular formula is C22H20F7NO5S. The largest absolute Gasteiger partial charge is 0.430 e. The fourth-order valence-electron chi connectivity index (χ4n) is 4.16. The Bertz CT molecular complexity index is 1200. The zero-order valence-electron chi connectivity index (χ0n) is 18.5. The molecule has 1 saturated heterocycles. The van der Waals surface area contributed by atoms with Gasteiger partial charge in [0.1, 0.15) is 17.2 Å². The van der Waals surface area contributed by atoms with Gasteiger partial charge in [0.05, 0.1) is 4.90 Å². The van der Waals surface area contributed by atoms with E-state index in [0.717, 1.165) is 41.3 Å². The number of carbonyl (C=O) groups is 1. The van der Waals surface area contributed by atoms with Crippen molar-refractivity contribution in [1.82, 2.24) is 4.90 Å². The summed E-state index contributed by atoms with van der Waals surface area (Å²) < 4.78 is 123. The van der Waals surface area contributed by atoms with Crippen molar-refractivity contribution < 1.29 is 53.8 Å². The van der Waals surface area contributed by atoms with Gasteiger partial charge < -0.3 is 14.7 Å². The number of halogens is 7. The van der Waals surface area contributed by atoms with Gasteiger partial charge in [0.25, 0.3) is 5.60 Å². The van der Waals surface area contributed by atoms with E-state index in [2.05, 4.69) is 0 Å². The van der Waals surface area contributed by atoms with Crippen LogP contribution in [0.3, 0.4) is 0 Å². The minimum absolute atomic E-state index is 0.112. The maximum atomic E-state index is 13.7. The van der Waals surface area contributed by atoms with E-state index in [1.165, 1.54) is 7.11 Å². The highest BCUT2D eigenvalue weighted by atomic mass is 32.2. The van der Waals surface area contributed by atoms with Crippen molar-refractivity contribution in [2.75, 3.05) is 26.8 Å². The Balaban J connectivity index is 2.16. The molecule has 1 fully saturated rings. The topological polar surface area (TPSA) is 83.9 Å². The van der Waals surface area contributed by atoms with Crippen molar-refractivity contribution in [2.24, 2.45) is 0 Å². The van der Waals surface area contributed by atoms with Gasteiger partial charge in [0.2, 0.25) is 5.91 Å². The molecule has 1 heterocycles. The molecule has 0 aliphatic carbocycles. The summed E-state index contributed by atoms with van der Waals surface area (Å²) in [5.74, 6) is -1.33. The number of aliphatic hydroxyl groups is 1. The van der Waals surface area contributed by atoms with Gasteiger partial charge in [-0.3, -0.25) is 4.79 Å². The van der Waals surface area contributed by atoms with Crippen LogP contribution in [-0.2, 0) is 29.7 Å². The fraction of sp³-hybridized carbons (Fsp3) is 0.409. The minimum atomic E-state index is -6.12. The average Bonchev–Trinajstić information content (AvgIpc) is 3.25. The van der Waals surface area contributed by atoms with Gasteiger partial charge >= 0.3 is 12.4 Å². The van der Waals surface area contributed by atoms with Crippen LogP contribution in [0.2, 0.25) is 0 Å². The van der Waals surface area contributed by atoms with Gasteiger partial charge in [-0.2, -0.15) is 26.3 Å². The third kappa shape index (κ3) is 4.45. The fourth-order valence-corrected chi connectivity index (χ4v) is 6.24. The molecule has 0 saturated carbocycles. The molecule has 0 bridgehead atoms. The van der Waals surface area contributed by atoms with Crippen molar-refractivity contribution in [3.63, 3.8) is 0 Å². The SMILES string of the molecule is COCC(=O)N1CCC(c2ccc(C(O)(C(F)(F)F)C(F)(F)F)cc2)(S(=O)(=O)c2ccc(F)cc2)C1. The van der Waals surface area contributed by atoms with Crippen LogP contribution in [0.15, 0.2) is 53.4 Å². The van der Waals surface area contributed by atoms with Gasteiger partial charge in [0, 0.05) is 25.8 Å². The predicted molar refractivity (Wildman–Crippen MR) is 111 cm³/mol. The van der Waals surface area contributed by atoms with Crippen LogP contribution in [0.1, 0.15) is 17.5 Å². The third-order valence-corrected chi connectivity index (χ3v) is 8.63. The standard InChI is InChI=1S/C22H20F7NO5S/c1-35-12-18(31)30-11-10-19(13-30,36(33,34)17-8-6-16(23)7-9-17)14-2-4-15(5-3-14)20(32,21(24,25)26)22(27,28)29/h2-9,32H,10-13H2,1H3. The number of benzene rings is 2. The number of alkyl halides is 6.